The van der Waals surface area contributed by atoms with Crippen LogP contribution in [0.25, 0.3) is 0 Å². The van der Waals surface area contributed by atoms with Gasteiger partial charge < -0.3 is 9.64 Å². The van der Waals surface area contributed by atoms with Gasteiger partial charge in [-0.2, -0.15) is 0 Å². The van der Waals surface area contributed by atoms with Crippen molar-refractivity contribution in [3.05, 3.63) is 52.2 Å². The van der Waals surface area contributed by atoms with Gasteiger partial charge in [-0.25, -0.2) is 0 Å². The van der Waals surface area contributed by atoms with Gasteiger partial charge in [-0.1, -0.05) is 37.5 Å². The van der Waals surface area contributed by atoms with Crippen molar-refractivity contribution in [1.29, 1.82) is 0 Å². The molecular weight excluding hydrogens is 354 g/mol. The molecule has 4 heteroatoms. The van der Waals surface area contributed by atoms with Crippen LogP contribution in [0.1, 0.15) is 61.3 Å². The highest BCUT2D eigenvalue weighted by molar-refractivity contribution is 7.10. The normalized spacial score (nSPS) is 22.4. The molecule has 0 radical (unpaired) electrons. The summed E-state index contributed by atoms with van der Waals surface area (Å²) in [6, 6.07) is 12.7. The number of thiophene rings is 1. The zero-order valence-corrected chi connectivity index (χ0v) is 17.0. The quantitative estimate of drug-likeness (QED) is 0.711. The van der Waals surface area contributed by atoms with E-state index in [-0.39, 0.29) is 5.41 Å². The van der Waals surface area contributed by atoms with E-state index in [0.717, 1.165) is 44.5 Å². The molecule has 2 fully saturated rings. The first kappa shape index (κ1) is 18.5. The van der Waals surface area contributed by atoms with Crippen LogP contribution in [0.3, 0.4) is 0 Å². The molecule has 1 unspecified atom stereocenters. The van der Waals surface area contributed by atoms with Gasteiger partial charge in [0.05, 0.1) is 12.5 Å². The standard InChI is InChI=1S/C23H29NO2S/c1-26-20-11-9-18(10-12-20)19-7-2-5-15-24(17-19)22(25)23(13-3-4-14-23)21-8-6-16-27-21/h6,8-12,16,19H,2-5,7,13-15,17H2,1H3. The molecule has 1 aromatic heterocycles. The minimum atomic E-state index is -0.261. The second kappa shape index (κ2) is 8.05. The third-order valence-electron chi connectivity index (χ3n) is 6.41. The smallest absolute Gasteiger partial charge is 0.234 e. The number of amides is 1. The second-order valence-electron chi connectivity index (χ2n) is 7.98. The van der Waals surface area contributed by atoms with Crippen molar-refractivity contribution in [2.75, 3.05) is 20.2 Å². The molecule has 1 saturated carbocycles. The molecule has 4 rings (SSSR count). The number of hydrogen-bond acceptors (Lipinski definition) is 3. The largest absolute Gasteiger partial charge is 0.497 e. The molecule has 0 bridgehead atoms. The van der Waals surface area contributed by atoms with Gasteiger partial charge in [-0.3, -0.25) is 4.79 Å². The van der Waals surface area contributed by atoms with E-state index in [1.807, 2.05) is 12.1 Å². The number of nitrogens with zero attached hydrogens (tertiary/aromatic N) is 1. The average molecular weight is 384 g/mol. The van der Waals surface area contributed by atoms with Crippen LogP contribution in [0.5, 0.6) is 5.75 Å². The molecule has 1 saturated heterocycles. The molecule has 3 nitrogen and oxygen atoms in total. The number of benzene rings is 1. The first-order valence-corrected chi connectivity index (χ1v) is 11.1. The monoisotopic (exact) mass is 383 g/mol. The lowest BCUT2D eigenvalue weighted by molar-refractivity contribution is -0.137. The summed E-state index contributed by atoms with van der Waals surface area (Å²) < 4.78 is 5.30. The average Bonchev–Trinajstić information content (AvgIpc) is 3.36. The highest BCUT2D eigenvalue weighted by atomic mass is 32.1. The van der Waals surface area contributed by atoms with Crippen LogP contribution < -0.4 is 4.74 Å². The lowest BCUT2D eigenvalue weighted by Gasteiger charge is -2.34. The van der Waals surface area contributed by atoms with E-state index >= 15 is 0 Å². The zero-order valence-electron chi connectivity index (χ0n) is 16.2. The fourth-order valence-electron chi connectivity index (χ4n) is 4.87. The molecular formula is C23H29NO2S. The van der Waals surface area contributed by atoms with E-state index in [1.54, 1.807) is 18.4 Å². The zero-order chi connectivity index (χ0) is 18.7. The molecule has 1 aliphatic carbocycles. The lowest BCUT2D eigenvalue weighted by Crippen LogP contribution is -2.46. The van der Waals surface area contributed by atoms with Gasteiger partial charge in [0.15, 0.2) is 0 Å². The SMILES string of the molecule is COc1ccc(C2CCCCN(C(=O)C3(c4cccs4)CCCC3)C2)cc1. The predicted octanol–water partition coefficient (Wildman–Crippen LogP) is 5.36. The molecule has 144 valence electrons. The summed E-state index contributed by atoms with van der Waals surface area (Å²) in [4.78, 5) is 17.2. The predicted molar refractivity (Wildman–Crippen MR) is 111 cm³/mol. The summed E-state index contributed by atoms with van der Waals surface area (Å²) in [6.45, 7) is 1.75. The number of likely N-dealkylation sites (tertiary alicyclic amines) is 1. The number of hydrogen-bond donors (Lipinski definition) is 0. The van der Waals surface area contributed by atoms with Gasteiger partial charge in [0.2, 0.25) is 5.91 Å². The molecule has 27 heavy (non-hydrogen) atoms. The van der Waals surface area contributed by atoms with Crippen molar-refractivity contribution >= 4 is 17.2 Å². The first-order chi connectivity index (χ1) is 13.2. The van der Waals surface area contributed by atoms with Crippen LogP contribution in [-0.4, -0.2) is 31.0 Å². The Morgan fingerprint density at radius 1 is 1.11 bits per heavy atom. The maximum absolute atomic E-state index is 13.8. The summed E-state index contributed by atoms with van der Waals surface area (Å²) in [6.07, 6.45) is 7.80. The third kappa shape index (κ3) is 3.64. The maximum atomic E-state index is 13.8. The highest BCUT2D eigenvalue weighted by Crippen LogP contribution is 2.45. The highest BCUT2D eigenvalue weighted by Gasteiger charge is 2.46. The van der Waals surface area contributed by atoms with E-state index in [4.69, 9.17) is 4.74 Å². The van der Waals surface area contributed by atoms with Crippen LogP contribution in [0.4, 0.5) is 0 Å². The third-order valence-corrected chi connectivity index (χ3v) is 7.48. The Labute approximate surface area is 166 Å². The van der Waals surface area contributed by atoms with E-state index in [1.165, 1.54) is 29.7 Å². The van der Waals surface area contributed by atoms with E-state index < -0.39 is 0 Å². The fraction of sp³-hybridized carbons (Fsp3) is 0.522. The minimum absolute atomic E-state index is 0.261. The van der Waals surface area contributed by atoms with Gasteiger partial charge in [0.25, 0.3) is 0 Å². The molecule has 0 spiro atoms. The van der Waals surface area contributed by atoms with Crippen LogP contribution in [0, 0.1) is 0 Å². The molecule has 1 amide bonds. The number of methoxy groups -OCH3 is 1. The molecule has 0 N–H and O–H groups in total. The molecule has 1 aromatic carbocycles. The van der Waals surface area contributed by atoms with Crippen molar-refractivity contribution in [2.24, 2.45) is 0 Å². The van der Waals surface area contributed by atoms with Gasteiger partial charge >= 0.3 is 0 Å². The van der Waals surface area contributed by atoms with E-state index in [0.29, 0.717) is 11.8 Å². The Hall–Kier alpha value is -1.81. The van der Waals surface area contributed by atoms with Gasteiger partial charge in [-0.05, 0) is 54.8 Å². The Kier molecular flexibility index (Phi) is 5.53. The summed E-state index contributed by atoms with van der Waals surface area (Å²) in [7, 11) is 1.70. The van der Waals surface area contributed by atoms with Crippen molar-refractivity contribution in [2.45, 2.75) is 56.3 Å². The van der Waals surface area contributed by atoms with Crippen molar-refractivity contribution in [1.82, 2.24) is 4.90 Å². The molecule has 1 atom stereocenters. The Morgan fingerprint density at radius 3 is 2.56 bits per heavy atom. The first-order valence-electron chi connectivity index (χ1n) is 10.2. The second-order valence-corrected chi connectivity index (χ2v) is 8.93. The number of ether oxygens (including phenoxy) is 1. The number of rotatable bonds is 4. The summed E-state index contributed by atoms with van der Waals surface area (Å²) in [5, 5.41) is 2.12. The van der Waals surface area contributed by atoms with Crippen LogP contribution in [-0.2, 0) is 10.2 Å². The summed E-state index contributed by atoms with van der Waals surface area (Å²) in [5.74, 6) is 1.69. The van der Waals surface area contributed by atoms with Crippen molar-refractivity contribution in [3.63, 3.8) is 0 Å². The fourth-order valence-corrected chi connectivity index (χ4v) is 5.85. The summed E-state index contributed by atoms with van der Waals surface area (Å²) in [5.41, 5.74) is 1.07. The van der Waals surface area contributed by atoms with E-state index in [9.17, 15) is 4.79 Å². The van der Waals surface area contributed by atoms with Gasteiger partial charge in [0, 0.05) is 23.9 Å². The van der Waals surface area contributed by atoms with Crippen molar-refractivity contribution < 1.29 is 9.53 Å². The molecule has 1 aliphatic heterocycles. The van der Waals surface area contributed by atoms with Crippen LogP contribution in [0.2, 0.25) is 0 Å². The van der Waals surface area contributed by atoms with Crippen LogP contribution in [0.15, 0.2) is 41.8 Å². The minimum Gasteiger partial charge on any atom is -0.497 e. The van der Waals surface area contributed by atoms with Gasteiger partial charge in [-0.15, -0.1) is 11.3 Å². The van der Waals surface area contributed by atoms with E-state index in [2.05, 4.69) is 34.5 Å². The topological polar surface area (TPSA) is 29.5 Å². The molecule has 2 aromatic rings. The molecule has 2 heterocycles. The Morgan fingerprint density at radius 2 is 1.89 bits per heavy atom. The maximum Gasteiger partial charge on any atom is 0.234 e. The number of carbonyl (C=O) groups excluding carboxylic acids is 1. The Balaban J connectivity index is 1.57. The number of carbonyl (C=O) groups is 1. The van der Waals surface area contributed by atoms with Crippen LogP contribution >= 0.6 is 11.3 Å². The lowest BCUT2D eigenvalue weighted by atomic mass is 9.82. The Bertz CT molecular complexity index is 747. The molecule has 2 aliphatic rings. The summed E-state index contributed by atoms with van der Waals surface area (Å²) >= 11 is 1.76. The van der Waals surface area contributed by atoms with Crippen molar-refractivity contribution in [3.8, 4) is 5.75 Å². The van der Waals surface area contributed by atoms with Gasteiger partial charge in [0.1, 0.15) is 5.75 Å².